The third kappa shape index (κ3) is 5.37. The van der Waals surface area contributed by atoms with Crippen LogP contribution in [0.3, 0.4) is 0 Å². The standard InChI is InChI=1S/C21H24FN5O2S/c22-19-4-6-21(7-5-19)27-15-20(24-25-27)14-26-10-8-17(9-11-26)18-3-1-2-16(12-18)13-23-30(28)29/h1-7,12,15,17,23H,8-11,13-14H2,(H,28,29)/p-1. The molecule has 9 heteroatoms. The molecule has 3 aromatic rings. The van der Waals surface area contributed by atoms with Crippen molar-refractivity contribution in [1.82, 2.24) is 24.6 Å². The maximum Gasteiger partial charge on any atom is 0.123 e. The second kappa shape index (κ2) is 9.57. The fourth-order valence-corrected chi connectivity index (χ4v) is 4.13. The number of rotatable bonds is 7. The largest absolute Gasteiger partial charge is 0.760 e. The molecule has 0 amide bonds. The van der Waals surface area contributed by atoms with Gasteiger partial charge in [-0.05, 0) is 67.2 Å². The van der Waals surface area contributed by atoms with E-state index in [2.05, 4.69) is 32.1 Å². The van der Waals surface area contributed by atoms with Crippen molar-refractivity contribution in [3.05, 3.63) is 77.4 Å². The lowest BCUT2D eigenvalue weighted by Gasteiger charge is -2.31. The maximum absolute atomic E-state index is 13.1. The molecule has 0 saturated carbocycles. The van der Waals surface area contributed by atoms with Crippen LogP contribution < -0.4 is 4.72 Å². The lowest BCUT2D eigenvalue weighted by molar-refractivity contribution is 0.202. The molecular formula is C21H23FN5O2S-. The highest BCUT2D eigenvalue weighted by Gasteiger charge is 2.21. The van der Waals surface area contributed by atoms with Gasteiger partial charge in [0.25, 0.3) is 0 Å². The molecule has 7 nitrogen and oxygen atoms in total. The summed E-state index contributed by atoms with van der Waals surface area (Å²) in [6, 6.07) is 14.3. The lowest BCUT2D eigenvalue weighted by atomic mass is 9.88. The van der Waals surface area contributed by atoms with E-state index in [1.807, 2.05) is 18.3 Å². The van der Waals surface area contributed by atoms with Gasteiger partial charge in [0, 0.05) is 24.4 Å². The molecular weight excluding hydrogens is 405 g/mol. The van der Waals surface area contributed by atoms with Crippen molar-refractivity contribution in [3.8, 4) is 5.69 Å². The molecule has 1 N–H and O–H groups in total. The van der Waals surface area contributed by atoms with Gasteiger partial charge in [-0.2, -0.15) is 0 Å². The van der Waals surface area contributed by atoms with E-state index >= 15 is 0 Å². The van der Waals surface area contributed by atoms with Crippen molar-refractivity contribution < 1.29 is 13.2 Å². The third-order valence-corrected chi connectivity index (χ3v) is 5.80. The summed E-state index contributed by atoms with van der Waals surface area (Å²) >= 11 is -2.25. The highest BCUT2D eigenvalue weighted by Crippen LogP contribution is 2.29. The SMILES string of the molecule is O=S([O-])NCc1cccc(C2CCN(Cc3cn(-c4ccc(F)cc4)nn3)CC2)c1. The Hall–Kier alpha value is -2.46. The van der Waals surface area contributed by atoms with Crippen molar-refractivity contribution in [2.24, 2.45) is 0 Å². The second-order valence-corrected chi connectivity index (χ2v) is 8.24. The molecule has 1 aliphatic rings. The fraction of sp³-hybridized carbons (Fsp3) is 0.333. The molecule has 1 atom stereocenters. The first-order chi connectivity index (χ1) is 14.6. The predicted octanol–water partition coefficient (Wildman–Crippen LogP) is 2.67. The van der Waals surface area contributed by atoms with Crippen LogP contribution >= 0.6 is 0 Å². The number of benzene rings is 2. The summed E-state index contributed by atoms with van der Waals surface area (Å²) in [5.74, 6) is 0.193. The number of halogens is 1. The Bertz CT molecular complexity index is 1000. The Balaban J connectivity index is 1.31. The van der Waals surface area contributed by atoms with E-state index in [-0.39, 0.29) is 5.82 Å². The van der Waals surface area contributed by atoms with E-state index in [9.17, 15) is 13.2 Å². The molecule has 1 aliphatic heterocycles. The zero-order valence-corrected chi connectivity index (χ0v) is 17.2. The van der Waals surface area contributed by atoms with Crippen LogP contribution in [-0.4, -0.2) is 41.7 Å². The van der Waals surface area contributed by atoms with Crippen LogP contribution in [-0.2, 0) is 24.4 Å². The topological polar surface area (TPSA) is 86.1 Å². The zero-order valence-electron chi connectivity index (χ0n) is 16.4. The number of hydrogen-bond acceptors (Lipinski definition) is 5. The van der Waals surface area contributed by atoms with E-state index in [4.69, 9.17) is 0 Å². The Labute approximate surface area is 177 Å². The normalized spacial score (nSPS) is 16.6. The van der Waals surface area contributed by atoms with Gasteiger partial charge in [0.05, 0.1) is 17.6 Å². The minimum Gasteiger partial charge on any atom is -0.760 e. The summed E-state index contributed by atoms with van der Waals surface area (Å²) in [6.07, 6.45) is 3.96. The lowest BCUT2D eigenvalue weighted by Crippen LogP contribution is -2.32. The van der Waals surface area contributed by atoms with E-state index in [1.165, 1.54) is 17.7 Å². The molecule has 2 heterocycles. The smallest absolute Gasteiger partial charge is 0.123 e. The fourth-order valence-electron chi connectivity index (χ4n) is 3.84. The van der Waals surface area contributed by atoms with Crippen LogP contribution in [0.5, 0.6) is 0 Å². The number of nitrogens with one attached hydrogen (secondary N) is 1. The number of aromatic nitrogens is 3. The second-order valence-electron chi connectivity index (χ2n) is 7.48. The average Bonchev–Trinajstić information content (AvgIpc) is 3.22. The summed E-state index contributed by atoms with van der Waals surface area (Å²) in [5, 5.41) is 8.40. The Morgan fingerprint density at radius 3 is 2.67 bits per heavy atom. The molecule has 1 aromatic heterocycles. The van der Waals surface area contributed by atoms with Crippen LogP contribution in [0, 0.1) is 5.82 Å². The first-order valence-corrected chi connectivity index (χ1v) is 11.0. The molecule has 2 aromatic carbocycles. The van der Waals surface area contributed by atoms with Gasteiger partial charge in [0.15, 0.2) is 0 Å². The van der Waals surface area contributed by atoms with Crippen LogP contribution in [0.25, 0.3) is 5.69 Å². The van der Waals surface area contributed by atoms with Gasteiger partial charge in [-0.1, -0.05) is 29.5 Å². The summed E-state index contributed by atoms with van der Waals surface area (Å²) in [5.41, 5.74) is 3.89. The van der Waals surface area contributed by atoms with Crippen molar-refractivity contribution >= 4 is 11.3 Å². The summed E-state index contributed by atoms with van der Waals surface area (Å²) in [7, 11) is 0. The molecule has 0 spiro atoms. The molecule has 30 heavy (non-hydrogen) atoms. The van der Waals surface area contributed by atoms with Gasteiger partial charge >= 0.3 is 0 Å². The highest BCUT2D eigenvalue weighted by atomic mass is 32.2. The molecule has 0 aliphatic carbocycles. The van der Waals surface area contributed by atoms with Crippen LogP contribution in [0.4, 0.5) is 4.39 Å². The van der Waals surface area contributed by atoms with E-state index < -0.39 is 11.3 Å². The first kappa shape index (κ1) is 20.8. The molecule has 0 radical (unpaired) electrons. The highest BCUT2D eigenvalue weighted by molar-refractivity contribution is 7.77. The van der Waals surface area contributed by atoms with Gasteiger partial charge in [0.1, 0.15) is 5.82 Å². The summed E-state index contributed by atoms with van der Waals surface area (Å²) in [4.78, 5) is 2.36. The Morgan fingerprint density at radius 2 is 1.93 bits per heavy atom. The molecule has 4 rings (SSSR count). The Kier molecular flexibility index (Phi) is 6.63. The molecule has 158 valence electrons. The number of nitrogens with zero attached hydrogens (tertiary/aromatic N) is 4. The zero-order chi connectivity index (χ0) is 20.9. The van der Waals surface area contributed by atoms with Crippen LogP contribution in [0.2, 0.25) is 0 Å². The van der Waals surface area contributed by atoms with Gasteiger partial charge in [-0.15, -0.1) is 5.10 Å². The predicted molar refractivity (Wildman–Crippen MR) is 111 cm³/mol. The molecule has 1 fully saturated rings. The van der Waals surface area contributed by atoms with Gasteiger partial charge < -0.3 is 4.55 Å². The molecule has 0 bridgehead atoms. The Morgan fingerprint density at radius 1 is 1.17 bits per heavy atom. The van der Waals surface area contributed by atoms with E-state index in [0.29, 0.717) is 12.5 Å². The summed E-state index contributed by atoms with van der Waals surface area (Å²) < 4.78 is 38.6. The van der Waals surface area contributed by atoms with Crippen LogP contribution in [0.15, 0.2) is 54.7 Å². The molecule has 1 unspecified atom stereocenters. The minimum atomic E-state index is -2.25. The third-order valence-electron chi connectivity index (χ3n) is 5.42. The van der Waals surface area contributed by atoms with Gasteiger partial charge in [-0.25, -0.2) is 13.8 Å². The molecule has 1 saturated heterocycles. The first-order valence-electron chi connectivity index (χ1n) is 9.88. The van der Waals surface area contributed by atoms with Crippen molar-refractivity contribution in [2.45, 2.75) is 31.8 Å². The maximum atomic E-state index is 13.1. The quantitative estimate of drug-likeness (QED) is 0.585. The van der Waals surface area contributed by atoms with Crippen molar-refractivity contribution in [1.29, 1.82) is 0 Å². The number of hydrogen-bond donors (Lipinski definition) is 1. The summed E-state index contributed by atoms with van der Waals surface area (Å²) in [6.45, 7) is 2.96. The monoisotopic (exact) mass is 428 g/mol. The van der Waals surface area contributed by atoms with Gasteiger partial charge in [-0.3, -0.25) is 9.11 Å². The van der Waals surface area contributed by atoms with Crippen molar-refractivity contribution in [3.63, 3.8) is 0 Å². The average molecular weight is 429 g/mol. The van der Waals surface area contributed by atoms with E-state index in [1.54, 1.807) is 16.8 Å². The minimum absolute atomic E-state index is 0.274. The van der Waals surface area contributed by atoms with Gasteiger partial charge in [0.2, 0.25) is 0 Å². The van der Waals surface area contributed by atoms with E-state index in [0.717, 1.165) is 49.4 Å². The number of likely N-dealkylation sites (tertiary alicyclic amines) is 1. The van der Waals surface area contributed by atoms with Crippen LogP contribution in [0.1, 0.15) is 35.6 Å². The van der Waals surface area contributed by atoms with Crippen molar-refractivity contribution in [2.75, 3.05) is 13.1 Å². The number of piperidine rings is 1.